The minimum atomic E-state index is -0.747. The number of esters is 1. The highest BCUT2D eigenvalue weighted by Gasteiger charge is 2.17. The van der Waals surface area contributed by atoms with Gasteiger partial charge < -0.3 is 15.4 Å². The molecule has 0 aliphatic rings. The number of likely N-dealkylation sites (N-methyl/N-ethyl adjacent to an activating group) is 1. The van der Waals surface area contributed by atoms with Crippen molar-refractivity contribution in [3.63, 3.8) is 0 Å². The van der Waals surface area contributed by atoms with E-state index >= 15 is 0 Å². The molecule has 0 heterocycles. The van der Waals surface area contributed by atoms with E-state index in [4.69, 9.17) is 17.3 Å². The van der Waals surface area contributed by atoms with Crippen LogP contribution in [0.15, 0.2) is 24.3 Å². The molecule has 0 saturated carbocycles. The Morgan fingerprint density at radius 3 is 2.45 bits per heavy atom. The quantitative estimate of drug-likeness (QED) is 0.765. The molecule has 2 N–H and O–H groups in total. The van der Waals surface area contributed by atoms with Crippen LogP contribution in [-0.4, -0.2) is 43.5 Å². The molecule has 0 aliphatic carbocycles. The van der Waals surface area contributed by atoms with Crippen LogP contribution in [0.25, 0.3) is 0 Å². The molecule has 0 radical (unpaired) electrons. The topological polar surface area (TPSA) is 72.6 Å². The van der Waals surface area contributed by atoms with Gasteiger partial charge in [-0.3, -0.25) is 9.59 Å². The maximum absolute atomic E-state index is 11.9. The molecule has 0 fully saturated rings. The van der Waals surface area contributed by atoms with Gasteiger partial charge in [-0.25, -0.2) is 0 Å². The van der Waals surface area contributed by atoms with Gasteiger partial charge in [0.05, 0.1) is 7.11 Å². The Bertz CT molecular complexity index is 480. The van der Waals surface area contributed by atoms with Crippen LogP contribution in [0.5, 0.6) is 0 Å². The molecule has 1 aromatic carbocycles. The average molecular weight is 349 g/mol. The van der Waals surface area contributed by atoms with Crippen molar-refractivity contribution in [3.8, 4) is 0 Å². The van der Waals surface area contributed by atoms with Crippen LogP contribution in [0.1, 0.15) is 18.4 Å². The van der Waals surface area contributed by atoms with Crippen LogP contribution in [0.2, 0.25) is 5.02 Å². The van der Waals surface area contributed by atoms with Crippen LogP contribution < -0.4 is 5.73 Å². The number of ether oxygens (including phenoxy) is 1. The van der Waals surface area contributed by atoms with Crippen molar-refractivity contribution in [1.82, 2.24) is 4.90 Å². The third-order valence-corrected chi connectivity index (χ3v) is 3.50. The van der Waals surface area contributed by atoms with Crippen molar-refractivity contribution >= 4 is 35.9 Å². The first-order chi connectivity index (χ1) is 9.93. The van der Waals surface area contributed by atoms with E-state index in [1.54, 1.807) is 11.9 Å². The number of carbonyl (C=O) groups is 2. The molecule has 1 atom stereocenters. The number of carbonyl (C=O) groups excluding carboxylic acids is 2. The molecule has 0 saturated heterocycles. The van der Waals surface area contributed by atoms with Gasteiger partial charge in [-0.1, -0.05) is 23.7 Å². The Morgan fingerprint density at radius 1 is 1.32 bits per heavy atom. The highest BCUT2D eigenvalue weighted by Crippen LogP contribution is 2.10. The molecule has 22 heavy (non-hydrogen) atoms. The smallest absolute Gasteiger partial charge is 0.322 e. The lowest BCUT2D eigenvalue weighted by Gasteiger charge is -2.18. The number of nitrogens with two attached hydrogens (primary N) is 1. The van der Waals surface area contributed by atoms with Crippen molar-refractivity contribution in [3.05, 3.63) is 34.9 Å². The Kier molecular flexibility index (Phi) is 9.81. The summed E-state index contributed by atoms with van der Waals surface area (Å²) in [5, 5.41) is 0.694. The summed E-state index contributed by atoms with van der Waals surface area (Å²) in [6, 6.07) is 6.78. The van der Waals surface area contributed by atoms with Crippen LogP contribution in [-0.2, 0) is 20.7 Å². The Morgan fingerprint density at radius 2 is 1.91 bits per heavy atom. The van der Waals surface area contributed by atoms with Gasteiger partial charge in [0.1, 0.15) is 6.04 Å². The minimum Gasteiger partial charge on any atom is -0.468 e. The molecule has 7 heteroatoms. The average Bonchev–Trinajstić information content (AvgIpc) is 2.50. The minimum absolute atomic E-state index is 0. The van der Waals surface area contributed by atoms with Gasteiger partial charge in [-0.15, -0.1) is 12.4 Å². The first kappa shape index (κ1) is 20.7. The number of halogens is 2. The molecule has 124 valence electrons. The number of methoxy groups -OCH3 is 1. The summed E-state index contributed by atoms with van der Waals surface area (Å²) >= 11 is 5.82. The largest absolute Gasteiger partial charge is 0.468 e. The number of hydrogen-bond donors (Lipinski definition) is 1. The van der Waals surface area contributed by atoms with Gasteiger partial charge in [0, 0.05) is 25.0 Å². The second kappa shape index (κ2) is 10.4. The lowest BCUT2D eigenvalue weighted by molar-refractivity contribution is -0.142. The number of rotatable bonds is 7. The molecule has 1 aromatic rings. The summed E-state index contributed by atoms with van der Waals surface area (Å²) in [7, 11) is 3.02. The fourth-order valence-electron chi connectivity index (χ4n) is 1.81. The predicted octanol–water partition coefficient (Wildman–Crippen LogP) is 2.04. The Labute approximate surface area is 142 Å². The lowest BCUT2D eigenvalue weighted by Crippen LogP contribution is -2.34. The van der Waals surface area contributed by atoms with E-state index in [2.05, 4.69) is 4.74 Å². The van der Waals surface area contributed by atoms with E-state index in [1.165, 1.54) is 7.11 Å². The van der Waals surface area contributed by atoms with Crippen molar-refractivity contribution in [2.24, 2.45) is 5.73 Å². The summed E-state index contributed by atoms with van der Waals surface area (Å²) in [4.78, 5) is 24.7. The van der Waals surface area contributed by atoms with E-state index in [0.717, 1.165) is 12.0 Å². The van der Waals surface area contributed by atoms with Gasteiger partial charge in [0.2, 0.25) is 5.91 Å². The molecule has 1 amide bonds. The summed E-state index contributed by atoms with van der Waals surface area (Å²) in [5.74, 6) is -0.532. The number of nitrogens with zero attached hydrogens (tertiary/aromatic N) is 1. The zero-order valence-electron chi connectivity index (χ0n) is 12.8. The number of benzene rings is 1. The van der Waals surface area contributed by atoms with Gasteiger partial charge >= 0.3 is 5.97 Å². The van der Waals surface area contributed by atoms with Crippen molar-refractivity contribution in [2.75, 3.05) is 20.7 Å². The Hall–Kier alpha value is -1.30. The fourth-order valence-corrected chi connectivity index (χ4v) is 1.94. The first-order valence-electron chi connectivity index (χ1n) is 6.76. The molecule has 1 unspecified atom stereocenters. The van der Waals surface area contributed by atoms with Crippen LogP contribution >= 0.6 is 24.0 Å². The number of amides is 1. The summed E-state index contributed by atoms with van der Waals surface area (Å²) in [6.07, 6.45) is 1.27. The Balaban J connectivity index is 0.00000441. The molecule has 5 nitrogen and oxygen atoms in total. The van der Waals surface area contributed by atoms with E-state index in [-0.39, 0.29) is 31.2 Å². The SMILES string of the molecule is COC(=O)C(N)CCC(=O)N(C)CCc1ccc(Cl)cc1.Cl. The second-order valence-electron chi connectivity index (χ2n) is 4.86. The summed E-state index contributed by atoms with van der Waals surface area (Å²) in [6.45, 7) is 0.605. The second-order valence-corrected chi connectivity index (χ2v) is 5.30. The van der Waals surface area contributed by atoms with Gasteiger partial charge in [-0.05, 0) is 30.5 Å². The molecule has 0 spiro atoms. The summed E-state index contributed by atoms with van der Waals surface area (Å²) in [5.41, 5.74) is 6.71. The zero-order chi connectivity index (χ0) is 15.8. The monoisotopic (exact) mass is 348 g/mol. The van der Waals surface area contributed by atoms with Crippen LogP contribution in [0.4, 0.5) is 0 Å². The predicted molar refractivity (Wildman–Crippen MR) is 89.3 cm³/mol. The van der Waals surface area contributed by atoms with Gasteiger partial charge in [0.15, 0.2) is 0 Å². The van der Waals surface area contributed by atoms with Crippen molar-refractivity contribution in [2.45, 2.75) is 25.3 Å². The maximum Gasteiger partial charge on any atom is 0.322 e. The standard InChI is InChI=1S/C15H21ClN2O3.ClH/c1-18(10-9-11-3-5-12(16)6-4-11)14(19)8-7-13(17)15(20)21-2;/h3-6,13H,7-10,17H2,1-2H3;1H. The summed E-state index contributed by atoms with van der Waals surface area (Å²) < 4.78 is 4.52. The maximum atomic E-state index is 11.9. The molecular formula is C15H22Cl2N2O3. The lowest BCUT2D eigenvalue weighted by atomic mass is 10.1. The highest BCUT2D eigenvalue weighted by atomic mass is 35.5. The van der Waals surface area contributed by atoms with Crippen molar-refractivity contribution < 1.29 is 14.3 Å². The third kappa shape index (κ3) is 7.11. The van der Waals surface area contributed by atoms with E-state index in [1.807, 2.05) is 24.3 Å². The molecule has 0 aliphatic heterocycles. The van der Waals surface area contributed by atoms with E-state index in [9.17, 15) is 9.59 Å². The van der Waals surface area contributed by atoms with E-state index in [0.29, 0.717) is 11.6 Å². The van der Waals surface area contributed by atoms with Crippen LogP contribution in [0, 0.1) is 0 Å². The molecule has 0 bridgehead atoms. The third-order valence-electron chi connectivity index (χ3n) is 3.25. The molecule has 0 aromatic heterocycles. The zero-order valence-corrected chi connectivity index (χ0v) is 14.3. The highest BCUT2D eigenvalue weighted by molar-refractivity contribution is 6.30. The van der Waals surface area contributed by atoms with Gasteiger partial charge in [-0.2, -0.15) is 0 Å². The molecular weight excluding hydrogens is 327 g/mol. The normalized spacial score (nSPS) is 11.3. The van der Waals surface area contributed by atoms with Crippen molar-refractivity contribution in [1.29, 1.82) is 0 Å². The van der Waals surface area contributed by atoms with E-state index < -0.39 is 12.0 Å². The number of hydrogen-bond acceptors (Lipinski definition) is 4. The fraction of sp³-hybridized carbons (Fsp3) is 0.467. The first-order valence-corrected chi connectivity index (χ1v) is 7.13. The van der Waals surface area contributed by atoms with Gasteiger partial charge in [0.25, 0.3) is 0 Å². The molecule has 1 rings (SSSR count). The van der Waals surface area contributed by atoms with Crippen LogP contribution in [0.3, 0.4) is 0 Å².